The molecule has 1 rings (SSSR count). The Bertz CT molecular complexity index is 564. The molecule has 0 bridgehead atoms. The van der Waals surface area contributed by atoms with E-state index in [4.69, 9.17) is 21.1 Å². The van der Waals surface area contributed by atoms with Gasteiger partial charge in [-0.15, -0.1) is 0 Å². The van der Waals surface area contributed by atoms with Crippen LogP contribution in [0.5, 0.6) is 5.75 Å². The van der Waals surface area contributed by atoms with Crippen LogP contribution in [0.1, 0.15) is 6.42 Å². The summed E-state index contributed by atoms with van der Waals surface area (Å²) in [5, 5.41) is 8.89. The molecule has 1 aromatic carbocycles. The molecule has 8 heteroatoms. The minimum Gasteiger partial charge on any atom is -0.484 e. The molecular formula is C17H24ClN3O4. The number of hydrogen-bond donors (Lipinski definition) is 3. The van der Waals surface area contributed by atoms with Crippen molar-refractivity contribution in [3.05, 3.63) is 41.6 Å². The van der Waals surface area contributed by atoms with Crippen molar-refractivity contribution in [2.24, 2.45) is 0 Å². The molecule has 3 N–H and O–H groups in total. The first-order valence-electron chi connectivity index (χ1n) is 7.83. The van der Waals surface area contributed by atoms with E-state index in [1.807, 2.05) is 0 Å². The number of carbonyl (C=O) groups is 2. The van der Waals surface area contributed by atoms with Crippen molar-refractivity contribution >= 4 is 23.4 Å². The minimum absolute atomic E-state index is 0.0934. The van der Waals surface area contributed by atoms with Gasteiger partial charge in [-0.05, 0) is 24.3 Å². The molecule has 0 unspecified atom stereocenters. The Hall–Kier alpha value is -2.09. The van der Waals surface area contributed by atoms with Crippen LogP contribution in [0.3, 0.4) is 0 Å². The van der Waals surface area contributed by atoms with Gasteiger partial charge in [-0.1, -0.05) is 18.2 Å². The number of halogens is 1. The zero-order chi connectivity index (χ0) is 18.5. The first-order chi connectivity index (χ1) is 12.0. The summed E-state index contributed by atoms with van der Waals surface area (Å²) >= 11 is 5.77. The summed E-state index contributed by atoms with van der Waals surface area (Å²) < 4.78 is 10.2. The van der Waals surface area contributed by atoms with Gasteiger partial charge in [-0.3, -0.25) is 9.59 Å². The second kappa shape index (κ2) is 12.3. The monoisotopic (exact) mass is 369 g/mol. The first kappa shape index (κ1) is 21.0. The van der Waals surface area contributed by atoms with E-state index >= 15 is 0 Å². The van der Waals surface area contributed by atoms with Gasteiger partial charge in [0.15, 0.2) is 6.61 Å². The number of carbonyl (C=O) groups excluding carboxylic acids is 2. The number of nitrogens with one attached hydrogen (secondary N) is 3. The largest absolute Gasteiger partial charge is 0.484 e. The summed E-state index contributed by atoms with van der Waals surface area (Å²) in [6.45, 7) is 5.35. The van der Waals surface area contributed by atoms with Gasteiger partial charge >= 0.3 is 0 Å². The highest BCUT2D eigenvalue weighted by Crippen LogP contribution is 2.15. The third kappa shape index (κ3) is 10.4. The minimum atomic E-state index is -0.254. The van der Waals surface area contributed by atoms with Gasteiger partial charge in [0, 0.05) is 37.3 Å². The molecule has 0 aliphatic heterocycles. The SMILES string of the molecule is C=C(CCNC(=O)COc1ccc(Cl)cc1)NC(=O)CNCCOC. The molecular weight excluding hydrogens is 346 g/mol. The Morgan fingerprint density at radius 3 is 2.56 bits per heavy atom. The Balaban J connectivity index is 2.10. The molecule has 2 amide bonds. The Kier molecular flexibility index (Phi) is 10.3. The quantitative estimate of drug-likeness (QED) is 0.480. The van der Waals surface area contributed by atoms with E-state index in [0.29, 0.717) is 42.6 Å². The van der Waals surface area contributed by atoms with Gasteiger partial charge in [0.2, 0.25) is 5.91 Å². The summed E-state index contributed by atoms with van der Waals surface area (Å²) in [6, 6.07) is 6.75. The van der Waals surface area contributed by atoms with Gasteiger partial charge in [-0.2, -0.15) is 0 Å². The van der Waals surface area contributed by atoms with E-state index in [0.717, 1.165) is 0 Å². The van der Waals surface area contributed by atoms with E-state index < -0.39 is 0 Å². The fourth-order valence-corrected chi connectivity index (χ4v) is 1.89. The Morgan fingerprint density at radius 2 is 1.88 bits per heavy atom. The second-order valence-electron chi connectivity index (χ2n) is 5.16. The van der Waals surface area contributed by atoms with Crippen molar-refractivity contribution in [3.63, 3.8) is 0 Å². The van der Waals surface area contributed by atoms with Gasteiger partial charge in [-0.25, -0.2) is 0 Å². The predicted molar refractivity (Wildman–Crippen MR) is 96.6 cm³/mol. The molecule has 138 valence electrons. The third-order valence-electron chi connectivity index (χ3n) is 3.02. The fraction of sp³-hybridized carbons (Fsp3) is 0.412. The van der Waals surface area contributed by atoms with E-state index in [1.165, 1.54) is 0 Å². The number of ether oxygens (including phenoxy) is 2. The van der Waals surface area contributed by atoms with Crippen LogP contribution in [0.2, 0.25) is 5.02 Å². The number of amides is 2. The first-order valence-corrected chi connectivity index (χ1v) is 8.21. The van der Waals surface area contributed by atoms with Crippen LogP contribution < -0.4 is 20.7 Å². The maximum Gasteiger partial charge on any atom is 0.257 e. The molecule has 0 atom stereocenters. The predicted octanol–water partition coefficient (Wildman–Crippen LogP) is 1.09. The van der Waals surface area contributed by atoms with E-state index in [-0.39, 0.29) is 25.0 Å². The molecule has 25 heavy (non-hydrogen) atoms. The maximum atomic E-state index is 11.7. The lowest BCUT2D eigenvalue weighted by atomic mass is 10.3. The molecule has 0 spiro atoms. The average Bonchev–Trinajstić information content (AvgIpc) is 2.58. The van der Waals surface area contributed by atoms with Crippen molar-refractivity contribution in [2.75, 3.05) is 40.0 Å². The van der Waals surface area contributed by atoms with Gasteiger partial charge in [0.1, 0.15) is 5.75 Å². The Morgan fingerprint density at radius 1 is 1.16 bits per heavy atom. The zero-order valence-corrected chi connectivity index (χ0v) is 15.0. The number of rotatable bonds is 12. The fourth-order valence-electron chi connectivity index (χ4n) is 1.76. The van der Waals surface area contributed by atoms with E-state index in [2.05, 4.69) is 22.5 Å². The molecule has 7 nitrogen and oxygen atoms in total. The van der Waals surface area contributed by atoms with Crippen LogP contribution in [0, 0.1) is 0 Å². The molecule has 0 aliphatic carbocycles. The summed E-state index contributed by atoms with van der Waals surface area (Å²) in [5.74, 6) is 0.131. The molecule has 0 saturated carbocycles. The van der Waals surface area contributed by atoms with Crippen molar-refractivity contribution in [3.8, 4) is 5.75 Å². The lowest BCUT2D eigenvalue weighted by molar-refractivity contribution is -0.123. The normalized spacial score (nSPS) is 10.2. The summed E-state index contributed by atoms with van der Waals surface area (Å²) in [4.78, 5) is 23.3. The second-order valence-corrected chi connectivity index (χ2v) is 5.60. The van der Waals surface area contributed by atoms with E-state index in [9.17, 15) is 9.59 Å². The smallest absolute Gasteiger partial charge is 0.257 e. The van der Waals surface area contributed by atoms with Gasteiger partial charge < -0.3 is 25.4 Å². The molecule has 0 heterocycles. The van der Waals surface area contributed by atoms with Crippen LogP contribution in [0.4, 0.5) is 0 Å². The molecule has 0 radical (unpaired) electrons. The van der Waals surface area contributed by atoms with Gasteiger partial charge in [0.05, 0.1) is 13.2 Å². The van der Waals surface area contributed by atoms with Crippen LogP contribution in [-0.2, 0) is 14.3 Å². The molecule has 0 aliphatic rings. The molecule has 0 saturated heterocycles. The van der Waals surface area contributed by atoms with Crippen LogP contribution in [0.25, 0.3) is 0 Å². The number of hydrogen-bond acceptors (Lipinski definition) is 5. The van der Waals surface area contributed by atoms with Crippen molar-refractivity contribution < 1.29 is 19.1 Å². The van der Waals surface area contributed by atoms with Crippen molar-refractivity contribution in [1.29, 1.82) is 0 Å². The highest BCUT2D eigenvalue weighted by molar-refractivity contribution is 6.30. The standard InChI is InChI=1S/C17H24ClN3O4/c1-13(21-16(22)11-19-9-10-24-2)7-8-20-17(23)12-25-15-5-3-14(18)4-6-15/h3-6,19H,1,7-12H2,2H3,(H,20,23)(H,21,22). The van der Waals surface area contributed by atoms with Crippen LogP contribution in [-0.4, -0.2) is 51.8 Å². The Labute approximate surface area is 152 Å². The lowest BCUT2D eigenvalue weighted by Gasteiger charge is -2.10. The van der Waals surface area contributed by atoms with Crippen molar-refractivity contribution in [1.82, 2.24) is 16.0 Å². The molecule has 1 aromatic rings. The van der Waals surface area contributed by atoms with Gasteiger partial charge in [0.25, 0.3) is 5.91 Å². The number of benzene rings is 1. The molecule has 0 fully saturated rings. The summed E-state index contributed by atoms with van der Waals surface area (Å²) in [5.41, 5.74) is 0.539. The highest BCUT2D eigenvalue weighted by atomic mass is 35.5. The van der Waals surface area contributed by atoms with Crippen molar-refractivity contribution in [2.45, 2.75) is 6.42 Å². The summed E-state index contributed by atoms with van der Waals surface area (Å²) in [6.07, 6.45) is 0.441. The van der Waals surface area contributed by atoms with Crippen LogP contribution >= 0.6 is 11.6 Å². The zero-order valence-electron chi connectivity index (χ0n) is 14.3. The third-order valence-corrected chi connectivity index (χ3v) is 3.27. The lowest BCUT2D eigenvalue weighted by Crippen LogP contribution is -2.36. The maximum absolute atomic E-state index is 11.7. The highest BCUT2D eigenvalue weighted by Gasteiger charge is 2.05. The van der Waals surface area contributed by atoms with E-state index in [1.54, 1.807) is 31.4 Å². The topological polar surface area (TPSA) is 88.7 Å². The molecule has 0 aromatic heterocycles. The summed E-state index contributed by atoms with van der Waals surface area (Å²) in [7, 11) is 1.60. The van der Waals surface area contributed by atoms with Crippen LogP contribution in [0.15, 0.2) is 36.5 Å². The number of methoxy groups -OCH3 is 1. The average molecular weight is 370 g/mol.